The van der Waals surface area contributed by atoms with E-state index in [0.29, 0.717) is 5.92 Å². The van der Waals surface area contributed by atoms with Crippen LogP contribution in [-0.4, -0.2) is 35.4 Å². The van der Waals surface area contributed by atoms with E-state index in [4.69, 9.17) is 5.73 Å². The molecule has 0 saturated heterocycles. The third kappa shape index (κ3) is 2.77. The number of benzene rings is 1. The van der Waals surface area contributed by atoms with Gasteiger partial charge in [-0.05, 0) is 30.9 Å². The summed E-state index contributed by atoms with van der Waals surface area (Å²) < 4.78 is 13.3. The molecule has 6 nitrogen and oxygen atoms in total. The molecule has 1 atom stereocenters. The lowest BCUT2D eigenvalue weighted by Crippen LogP contribution is -2.43. The van der Waals surface area contributed by atoms with Crippen molar-refractivity contribution < 1.29 is 14.1 Å². The fourth-order valence-electron chi connectivity index (χ4n) is 2.33. The van der Waals surface area contributed by atoms with Crippen molar-refractivity contribution in [2.24, 2.45) is 11.7 Å². The fourth-order valence-corrected chi connectivity index (χ4v) is 2.33. The molecule has 1 aliphatic carbocycles. The van der Waals surface area contributed by atoms with E-state index in [1.165, 1.54) is 4.90 Å². The maximum absolute atomic E-state index is 13.3. The average molecular weight is 281 g/mol. The Balaban J connectivity index is 2.32. The lowest BCUT2D eigenvalue weighted by molar-refractivity contribution is -0.385. The Morgan fingerprint density at radius 3 is 2.75 bits per heavy atom. The molecule has 1 amide bonds. The van der Waals surface area contributed by atoms with Gasteiger partial charge < -0.3 is 10.6 Å². The zero-order valence-electron chi connectivity index (χ0n) is 11.1. The highest BCUT2D eigenvalue weighted by Gasteiger charge is 2.36. The second-order valence-corrected chi connectivity index (χ2v) is 4.98. The minimum atomic E-state index is -0.685. The van der Waals surface area contributed by atoms with Crippen LogP contribution in [0.1, 0.15) is 23.2 Å². The SMILES string of the molecule is CN(C(=O)c1cc(F)ccc1[N+](=O)[O-])C(CN)C1CC1. The van der Waals surface area contributed by atoms with Crippen LogP contribution >= 0.6 is 0 Å². The summed E-state index contributed by atoms with van der Waals surface area (Å²) in [5, 5.41) is 10.9. The number of carbonyl (C=O) groups is 1. The maximum Gasteiger partial charge on any atom is 0.282 e. The van der Waals surface area contributed by atoms with Crippen molar-refractivity contribution in [1.29, 1.82) is 0 Å². The molecule has 108 valence electrons. The van der Waals surface area contributed by atoms with E-state index in [1.54, 1.807) is 7.05 Å². The zero-order chi connectivity index (χ0) is 14.9. The largest absolute Gasteiger partial charge is 0.337 e. The number of likely N-dealkylation sites (N-methyl/N-ethyl adjacent to an activating group) is 1. The molecule has 0 radical (unpaired) electrons. The van der Waals surface area contributed by atoms with E-state index in [9.17, 15) is 19.3 Å². The van der Waals surface area contributed by atoms with Crippen LogP contribution in [0.3, 0.4) is 0 Å². The monoisotopic (exact) mass is 281 g/mol. The number of hydrogen-bond donors (Lipinski definition) is 1. The minimum Gasteiger partial charge on any atom is -0.337 e. The van der Waals surface area contributed by atoms with Crippen LogP contribution in [0.2, 0.25) is 0 Å². The molecule has 0 heterocycles. The van der Waals surface area contributed by atoms with Gasteiger partial charge in [-0.1, -0.05) is 0 Å². The number of nitro groups is 1. The third-order valence-electron chi connectivity index (χ3n) is 3.61. The van der Waals surface area contributed by atoms with Crippen LogP contribution in [-0.2, 0) is 0 Å². The summed E-state index contributed by atoms with van der Waals surface area (Å²) in [6, 6.07) is 2.71. The van der Waals surface area contributed by atoms with Gasteiger partial charge in [-0.25, -0.2) is 4.39 Å². The van der Waals surface area contributed by atoms with E-state index >= 15 is 0 Å². The highest BCUT2D eigenvalue weighted by molar-refractivity contribution is 5.98. The molecule has 2 rings (SSSR count). The molecule has 0 aromatic heterocycles. The number of nitrogens with two attached hydrogens (primary N) is 1. The number of nitrogens with zero attached hydrogens (tertiary/aromatic N) is 2. The summed E-state index contributed by atoms with van der Waals surface area (Å²) >= 11 is 0. The molecule has 20 heavy (non-hydrogen) atoms. The van der Waals surface area contributed by atoms with Gasteiger partial charge in [0.15, 0.2) is 0 Å². The quantitative estimate of drug-likeness (QED) is 0.655. The number of carbonyl (C=O) groups excluding carboxylic acids is 1. The van der Waals surface area contributed by atoms with Gasteiger partial charge in [-0.2, -0.15) is 0 Å². The number of amides is 1. The van der Waals surface area contributed by atoms with Gasteiger partial charge in [-0.15, -0.1) is 0 Å². The first kappa shape index (κ1) is 14.4. The van der Waals surface area contributed by atoms with Gasteiger partial charge >= 0.3 is 0 Å². The molecule has 0 aliphatic heterocycles. The van der Waals surface area contributed by atoms with Crippen LogP contribution in [0.25, 0.3) is 0 Å². The van der Waals surface area contributed by atoms with Crippen LogP contribution in [0.4, 0.5) is 10.1 Å². The number of nitro benzene ring substituents is 1. The maximum atomic E-state index is 13.3. The minimum absolute atomic E-state index is 0.162. The van der Waals surface area contributed by atoms with Gasteiger partial charge in [0, 0.05) is 25.7 Å². The van der Waals surface area contributed by atoms with Crippen molar-refractivity contribution in [2.45, 2.75) is 18.9 Å². The Labute approximate surface area is 115 Å². The van der Waals surface area contributed by atoms with Gasteiger partial charge in [-0.3, -0.25) is 14.9 Å². The smallest absolute Gasteiger partial charge is 0.282 e. The van der Waals surface area contributed by atoms with Gasteiger partial charge in [0.25, 0.3) is 11.6 Å². The van der Waals surface area contributed by atoms with Crippen molar-refractivity contribution in [2.75, 3.05) is 13.6 Å². The van der Waals surface area contributed by atoms with E-state index in [-0.39, 0.29) is 18.2 Å². The molecule has 1 fully saturated rings. The molecular weight excluding hydrogens is 265 g/mol. The average Bonchev–Trinajstić information content (AvgIpc) is 3.22. The van der Waals surface area contributed by atoms with Crippen molar-refractivity contribution in [3.8, 4) is 0 Å². The summed E-state index contributed by atoms with van der Waals surface area (Å²) in [4.78, 5) is 24.0. The highest BCUT2D eigenvalue weighted by atomic mass is 19.1. The Kier molecular flexibility index (Phi) is 3.99. The first-order valence-electron chi connectivity index (χ1n) is 6.37. The topological polar surface area (TPSA) is 89.5 Å². The summed E-state index contributed by atoms with van der Waals surface area (Å²) in [6.45, 7) is 0.288. The standard InChI is InChI=1S/C13H16FN3O3/c1-16(12(7-15)8-2-3-8)13(18)10-6-9(14)4-5-11(10)17(19)20/h4-6,8,12H,2-3,7,15H2,1H3. The number of rotatable bonds is 5. The van der Waals surface area contributed by atoms with E-state index in [0.717, 1.165) is 31.0 Å². The molecule has 2 N–H and O–H groups in total. The summed E-state index contributed by atoms with van der Waals surface area (Å²) in [5.74, 6) is -0.914. The van der Waals surface area contributed by atoms with Crippen molar-refractivity contribution >= 4 is 11.6 Å². The summed E-state index contributed by atoms with van der Waals surface area (Å²) in [6.07, 6.45) is 1.98. The Bertz CT molecular complexity index is 546. The Morgan fingerprint density at radius 2 is 2.25 bits per heavy atom. The third-order valence-corrected chi connectivity index (χ3v) is 3.61. The number of halogens is 1. The molecule has 7 heteroatoms. The Morgan fingerprint density at radius 1 is 1.60 bits per heavy atom. The highest BCUT2D eigenvalue weighted by Crippen LogP contribution is 2.35. The van der Waals surface area contributed by atoms with Gasteiger partial charge in [0.2, 0.25) is 0 Å². The first-order valence-corrected chi connectivity index (χ1v) is 6.37. The lowest BCUT2D eigenvalue weighted by Gasteiger charge is -2.27. The van der Waals surface area contributed by atoms with Crippen molar-refractivity contribution in [3.63, 3.8) is 0 Å². The molecule has 1 aromatic carbocycles. The van der Waals surface area contributed by atoms with Crippen LogP contribution in [0.5, 0.6) is 0 Å². The molecule has 1 aliphatic rings. The van der Waals surface area contributed by atoms with Gasteiger partial charge in [0.05, 0.1) is 4.92 Å². The van der Waals surface area contributed by atoms with E-state index in [1.807, 2.05) is 0 Å². The molecule has 1 aromatic rings. The predicted molar refractivity (Wildman–Crippen MR) is 70.7 cm³/mol. The summed E-state index contributed by atoms with van der Waals surface area (Å²) in [5.41, 5.74) is 5.02. The van der Waals surface area contributed by atoms with E-state index < -0.39 is 22.3 Å². The van der Waals surface area contributed by atoms with E-state index in [2.05, 4.69) is 0 Å². The summed E-state index contributed by atoms with van der Waals surface area (Å²) in [7, 11) is 1.55. The molecule has 1 unspecified atom stereocenters. The van der Waals surface area contributed by atoms with Crippen LogP contribution < -0.4 is 5.73 Å². The predicted octanol–water partition coefficient (Wildman–Crippen LogP) is 1.54. The van der Waals surface area contributed by atoms with Crippen molar-refractivity contribution in [1.82, 2.24) is 4.90 Å². The van der Waals surface area contributed by atoms with Gasteiger partial charge in [0.1, 0.15) is 11.4 Å². The number of hydrogen-bond acceptors (Lipinski definition) is 4. The first-order chi connectivity index (χ1) is 9.45. The normalized spacial score (nSPS) is 15.8. The molecule has 0 bridgehead atoms. The Hall–Kier alpha value is -2.02. The molecule has 0 spiro atoms. The van der Waals surface area contributed by atoms with Crippen LogP contribution in [0, 0.1) is 21.8 Å². The molecular formula is C13H16FN3O3. The van der Waals surface area contributed by atoms with Crippen molar-refractivity contribution in [3.05, 3.63) is 39.7 Å². The fraction of sp³-hybridized carbons (Fsp3) is 0.462. The zero-order valence-corrected chi connectivity index (χ0v) is 11.1. The molecule has 1 saturated carbocycles. The second-order valence-electron chi connectivity index (χ2n) is 4.98. The van der Waals surface area contributed by atoms with Crippen LogP contribution in [0.15, 0.2) is 18.2 Å². The second kappa shape index (κ2) is 5.54. The lowest BCUT2D eigenvalue weighted by atomic mass is 10.1.